The van der Waals surface area contributed by atoms with E-state index in [-0.39, 0.29) is 0 Å². The molecule has 108 valence electrons. The van der Waals surface area contributed by atoms with Gasteiger partial charge in [0.05, 0.1) is 12.1 Å². The molecule has 1 aromatic rings. The molecule has 0 radical (unpaired) electrons. The van der Waals surface area contributed by atoms with Gasteiger partial charge in [0.25, 0.3) is 0 Å². The van der Waals surface area contributed by atoms with Gasteiger partial charge in [-0.1, -0.05) is 50.1 Å². The van der Waals surface area contributed by atoms with Crippen LogP contribution in [0.25, 0.3) is 0 Å². The van der Waals surface area contributed by atoms with Crippen molar-refractivity contribution < 1.29 is 9.84 Å². The molecule has 0 heterocycles. The van der Waals surface area contributed by atoms with E-state index in [2.05, 4.69) is 31.9 Å². The molecule has 3 unspecified atom stereocenters. The van der Waals surface area contributed by atoms with Gasteiger partial charge in [-0.05, 0) is 32.9 Å². The lowest BCUT2D eigenvalue weighted by Crippen LogP contribution is -2.36. The molecule has 6 heteroatoms. The first-order valence-corrected chi connectivity index (χ1v) is 7.35. The van der Waals surface area contributed by atoms with E-state index in [1.165, 1.54) is 0 Å². The van der Waals surface area contributed by atoms with Crippen molar-refractivity contribution in [3.8, 4) is 17.9 Å². The van der Waals surface area contributed by atoms with E-state index in [1.54, 1.807) is 32.9 Å². The minimum absolute atomic E-state index is 0.692. The van der Waals surface area contributed by atoms with E-state index in [0.717, 1.165) is 0 Å². The van der Waals surface area contributed by atoms with Gasteiger partial charge in [-0.2, -0.15) is 10.5 Å². The van der Waals surface area contributed by atoms with Gasteiger partial charge >= 0.3 is 0 Å². The predicted octanol–water partition coefficient (Wildman–Crippen LogP) is 3.74. The molecule has 1 aromatic carbocycles. The third kappa shape index (κ3) is 6.38. The van der Waals surface area contributed by atoms with E-state index >= 15 is 0 Å². The number of alkyl halides is 2. The Morgan fingerprint density at radius 1 is 1.10 bits per heavy atom. The topological polar surface area (TPSA) is 77.0 Å². The molecule has 0 bridgehead atoms. The number of nitrogens with zero attached hydrogens (tertiary/aromatic N) is 2. The SMILES string of the molecule is CC(Br)(C#N)C(C)(Br)C#N.CC(O)Oc1ccccc1. The van der Waals surface area contributed by atoms with Crippen LogP contribution >= 0.6 is 31.9 Å². The molecule has 0 aliphatic carbocycles. The van der Waals surface area contributed by atoms with Crippen LogP contribution in [0, 0.1) is 22.7 Å². The van der Waals surface area contributed by atoms with Crippen molar-refractivity contribution in [1.82, 2.24) is 0 Å². The Hall–Kier alpha value is -1.08. The quantitative estimate of drug-likeness (QED) is 0.615. The second-order valence-electron chi connectivity index (χ2n) is 4.26. The Balaban J connectivity index is 0.000000361. The number of aliphatic hydroxyl groups is 1. The molecule has 1 rings (SSSR count). The summed E-state index contributed by atoms with van der Waals surface area (Å²) in [5.74, 6) is 0.692. The number of ether oxygens (including phenoxy) is 1. The fourth-order valence-electron chi connectivity index (χ4n) is 0.906. The number of rotatable bonds is 3. The van der Waals surface area contributed by atoms with E-state index in [0.29, 0.717) is 5.75 Å². The Morgan fingerprint density at radius 3 is 1.80 bits per heavy atom. The van der Waals surface area contributed by atoms with Crippen LogP contribution in [-0.4, -0.2) is 20.0 Å². The summed E-state index contributed by atoms with van der Waals surface area (Å²) in [7, 11) is 0. The van der Waals surface area contributed by atoms with Crippen molar-refractivity contribution in [2.24, 2.45) is 0 Å². The number of benzene rings is 1. The zero-order valence-corrected chi connectivity index (χ0v) is 14.6. The molecule has 0 aromatic heterocycles. The maximum absolute atomic E-state index is 8.78. The largest absolute Gasteiger partial charge is 0.465 e. The Morgan fingerprint density at radius 2 is 1.50 bits per heavy atom. The molecule has 0 spiro atoms. The number of aliphatic hydroxyl groups excluding tert-OH is 1. The van der Waals surface area contributed by atoms with Gasteiger partial charge in [0, 0.05) is 0 Å². The lowest BCUT2D eigenvalue weighted by Gasteiger charge is -2.24. The average Bonchev–Trinajstić information content (AvgIpc) is 2.39. The normalized spacial score (nSPS) is 17.0. The second-order valence-corrected chi connectivity index (χ2v) is 7.43. The van der Waals surface area contributed by atoms with E-state index < -0.39 is 14.9 Å². The zero-order chi connectivity index (χ0) is 15.8. The van der Waals surface area contributed by atoms with Crippen molar-refractivity contribution >= 4 is 31.9 Å². The zero-order valence-electron chi connectivity index (χ0n) is 11.5. The number of halogens is 2. The first-order valence-electron chi connectivity index (χ1n) is 5.76. The molecule has 0 aliphatic heterocycles. The highest BCUT2D eigenvalue weighted by Gasteiger charge is 2.41. The van der Waals surface area contributed by atoms with Gasteiger partial charge in [0.1, 0.15) is 14.4 Å². The Kier molecular flexibility index (Phi) is 7.82. The summed E-state index contributed by atoms with van der Waals surface area (Å²) < 4.78 is 3.29. The molecule has 0 aliphatic rings. The fourth-order valence-corrected chi connectivity index (χ4v) is 1.08. The van der Waals surface area contributed by atoms with Crippen molar-refractivity contribution in [3.05, 3.63) is 30.3 Å². The molecule has 0 fully saturated rings. The molecule has 0 saturated carbocycles. The standard InChI is InChI=1S/C8H10O2.C6H6Br2N2/c1-7(9)10-8-5-3-2-4-6-8;1-5(7,3-9)6(2,8)4-10/h2-7,9H,1H3;1-2H3. The summed E-state index contributed by atoms with van der Waals surface area (Å²) in [6, 6.07) is 13.2. The minimum Gasteiger partial charge on any atom is -0.465 e. The van der Waals surface area contributed by atoms with E-state index in [1.807, 2.05) is 30.3 Å². The molecular weight excluding hydrogens is 388 g/mol. The monoisotopic (exact) mass is 402 g/mol. The van der Waals surface area contributed by atoms with Crippen LogP contribution in [0.2, 0.25) is 0 Å². The molecule has 0 saturated heterocycles. The average molecular weight is 404 g/mol. The van der Waals surface area contributed by atoms with Gasteiger partial charge in [-0.15, -0.1) is 0 Å². The number of hydrogen-bond acceptors (Lipinski definition) is 4. The van der Waals surface area contributed by atoms with Crippen molar-refractivity contribution in [3.63, 3.8) is 0 Å². The van der Waals surface area contributed by atoms with Crippen LogP contribution in [0.4, 0.5) is 0 Å². The van der Waals surface area contributed by atoms with Crippen LogP contribution in [0.1, 0.15) is 20.8 Å². The van der Waals surface area contributed by atoms with Gasteiger partial charge in [-0.25, -0.2) is 0 Å². The highest BCUT2D eigenvalue weighted by molar-refractivity contribution is 9.13. The van der Waals surface area contributed by atoms with Crippen LogP contribution in [0.15, 0.2) is 30.3 Å². The maximum Gasteiger partial charge on any atom is 0.194 e. The van der Waals surface area contributed by atoms with Crippen LogP contribution in [0.3, 0.4) is 0 Å². The summed E-state index contributed by atoms with van der Waals surface area (Å²) in [6.45, 7) is 4.86. The third-order valence-corrected chi connectivity index (χ3v) is 4.82. The van der Waals surface area contributed by atoms with Gasteiger partial charge in [0.2, 0.25) is 0 Å². The van der Waals surface area contributed by atoms with Crippen LogP contribution in [-0.2, 0) is 0 Å². The first kappa shape index (κ1) is 18.9. The van der Waals surface area contributed by atoms with Crippen molar-refractivity contribution in [2.75, 3.05) is 0 Å². The smallest absolute Gasteiger partial charge is 0.194 e. The van der Waals surface area contributed by atoms with Crippen molar-refractivity contribution in [1.29, 1.82) is 10.5 Å². The van der Waals surface area contributed by atoms with E-state index in [4.69, 9.17) is 20.4 Å². The molecular formula is C14H16Br2N2O2. The Labute approximate surface area is 136 Å². The van der Waals surface area contributed by atoms with Crippen molar-refractivity contribution in [2.45, 2.75) is 35.7 Å². The fraction of sp³-hybridized carbons (Fsp3) is 0.429. The summed E-state index contributed by atoms with van der Waals surface area (Å²) >= 11 is 6.26. The first-order chi connectivity index (χ1) is 9.16. The van der Waals surface area contributed by atoms with Gasteiger partial charge in [-0.3, -0.25) is 0 Å². The summed E-state index contributed by atoms with van der Waals surface area (Å²) in [5.41, 5.74) is 0. The molecule has 3 atom stereocenters. The maximum atomic E-state index is 8.78. The molecule has 20 heavy (non-hydrogen) atoms. The highest BCUT2D eigenvalue weighted by Crippen LogP contribution is 2.36. The van der Waals surface area contributed by atoms with Crippen LogP contribution in [0.5, 0.6) is 5.75 Å². The summed E-state index contributed by atoms with van der Waals surface area (Å²) in [5, 5.41) is 25.9. The summed E-state index contributed by atoms with van der Waals surface area (Å²) in [6.07, 6.45) is -0.734. The number of hydrogen-bond donors (Lipinski definition) is 1. The molecule has 0 amide bonds. The third-order valence-electron chi connectivity index (χ3n) is 2.35. The van der Waals surface area contributed by atoms with E-state index in [9.17, 15) is 0 Å². The van der Waals surface area contributed by atoms with Crippen LogP contribution < -0.4 is 4.74 Å². The highest BCUT2D eigenvalue weighted by atomic mass is 79.9. The minimum atomic E-state index is -0.839. The predicted molar refractivity (Wildman–Crippen MR) is 84.6 cm³/mol. The molecule has 1 N–H and O–H groups in total. The van der Waals surface area contributed by atoms with Gasteiger partial charge in [0.15, 0.2) is 6.29 Å². The second kappa shape index (κ2) is 8.26. The number of nitriles is 2. The number of para-hydroxylation sites is 1. The molecule has 4 nitrogen and oxygen atoms in total. The lowest BCUT2D eigenvalue weighted by atomic mass is 9.99. The Bertz CT molecular complexity index is 464. The lowest BCUT2D eigenvalue weighted by molar-refractivity contribution is -0.000288. The summed E-state index contributed by atoms with van der Waals surface area (Å²) in [4.78, 5) is 0. The van der Waals surface area contributed by atoms with Gasteiger partial charge < -0.3 is 9.84 Å².